The number of methoxy groups -OCH3 is 1. The molecule has 1 aromatic rings. The summed E-state index contributed by atoms with van der Waals surface area (Å²) < 4.78 is 6.17. The minimum Gasteiger partial charge on any atom is -0.496 e. The molecule has 0 aliphatic carbocycles. The average Bonchev–Trinajstić information content (AvgIpc) is 2.03. The van der Waals surface area contributed by atoms with Crippen LogP contribution in [-0.2, 0) is 6.42 Å². The zero-order chi connectivity index (χ0) is 9.84. The van der Waals surface area contributed by atoms with Gasteiger partial charge in [-0.15, -0.1) is 0 Å². The second-order valence-corrected chi connectivity index (χ2v) is 3.92. The van der Waals surface area contributed by atoms with Crippen LogP contribution >= 0.6 is 15.9 Å². The van der Waals surface area contributed by atoms with Crippen molar-refractivity contribution in [3.63, 3.8) is 0 Å². The number of halogens is 1. The zero-order valence-corrected chi connectivity index (χ0v) is 9.34. The molecule has 0 fully saturated rings. The molecular weight excluding hydrogens is 232 g/mol. The van der Waals surface area contributed by atoms with E-state index in [1.54, 1.807) is 14.0 Å². The fourth-order valence-electron chi connectivity index (χ4n) is 1.22. The summed E-state index contributed by atoms with van der Waals surface area (Å²) in [6, 6.07) is 5.78. The Labute approximate surface area is 86.7 Å². The Hall–Kier alpha value is -0.540. The number of aliphatic hydroxyl groups excluding tert-OH is 1. The summed E-state index contributed by atoms with van der Waals surface area (Å²) in [5.74, 6) is 0.823. The average molecular weight is 245 g/mol. The highest BCUT2D eigenvalue weighted by atomic mass is 79.9. The topological polar surface area (TPSA) is 29.5 Å². The monoisotopic (exact) mass is 244 g/mol. The van der Waals surface area contributed by atoms with Gasteiger partial charge in [-0.2, -0.15) is 0 Å². The highest BCUT2D eigenvalue weighted by molar-refractivity contribution is 9.10. The number of benzene rings is 1. The SMILES string of the molecule is COc1ccc(Br)cc1C[C@H](C)O. The Balaban J connectivity index is 2.94. The Morgan fingerprint density at radius 2 is 2.23 bits per heavy atom. The fourth-order valence-corrected chi connectivity index (χ4v) is 1.63. The van der Waals surface area contributed by atoms with Gasteiger partial charge in [0.1, 0.15) is 5.75 Å². The maximum atomic E-state index is 9.25. The fraction of sp³-hybridized carbons (Fsp3) is 0.400. The van der Waals surface area contributed by atoms with Gasteiger partial charge >= 0.3 is 0 Å². The van der Waals surface area contributed by atoms with Gasteiger partial charge in [0.15, 0.2) is 0 Å². The molecule has 0 aliphatic rings. The summed E-state index contributed by atoms with van der Waals surface area (Å²) in [4.78, 5) is 0. The summed E-state index contributed by atoms with van der Waals surface area (Å²) in [5, 5.41) is 9.25. The molecule has 0 aromatic heterocycles. The molecule has 0 saturated carbocycles. The van der Waals surface area contributed by atoms with Crippen LogP contribution in [0.5, 0.6) is 5.75 Å². The predicted molar refractivity (Wildman–Crippen MR) is 56.1 cm³/mol. The minimum absolute atomic E-state index is 0.344. The molecular formula is C10H13BrO2. The summed E-state index contributed by atoms with van der Waals surface area (Å²) in [5.41, 5.74) is 1.02. The first-order chi connectivity index (χ1) is 6.13. The zero-order valence-electron chi connectivity index (χ0n) is 7.75. The largest absolute Gasteiger partial charge is 0.496 e. The summed E-state index contributed by atoms with van der Waals surface area (Å²) in [6.07, 6.45) is 0.269. The first-order valence-electron chi connectivity index (χ1n) is 4.14. The van der Waals surface area contributed by atoms with Crippen LogP contribution in [0.3, 0.4) is 0 Å². The van der Waals surface area contributed by atoms with Crippen molar-refractivity contribution in [1.82, 2.24) is 0 Å². The first kappa shape index (κ1) is 10.5. The molecule has 0 bridgehead atoms. The Kier molecular flexibility index (Phi) is 3.75. The highest BCUT2D eigenvalue weighted by Crippen LogP contribution is 2.23. The molecule has 0 aliphatic heterocycles. The van der Waals surface area contributed by atoms with E-state index in [0.29, 0.717) is 6.42 Å². The van der Waals surface area contributed by atoms with E-state index in [1.165, 1.54) is 0 Å². The maximum absolute atomic E-state index is 9.25. The van der Waals surface area contributed by atoms with Crippen LogP contribution in [0.25, 0.3) is 0 Å². The van der Waals surface area contributed by atoms with Crippen molar-refractivity contribution in [3.05, 3.63) is 28.2 Å². The molecule has 1 N–H and O–H groups in total. The van der Waals surface area contributed by atoms with Gasteiger partial charge in [0, 0.05) is 10.9 Å². The van der Waals surface area contributed by atoms with Gasteiger partial charge in [-0.1, -0.05) is 15.9 Å². The van der Waals surface area contributed by atoms with Crippen LogP contribution in [0, 0.1) is 0 Å². The third kappa shape index (κ3) is 3.01. The molecule has 1 atom stereocenters. The summed E-state index contributed by atoms with van der Waals surface area (Å²) >= 11 is 3.38. The third-order valence-corrected chi connectivity index (χ3v) is 2.25. The first-order valence-corrected chi connectivity index (χ1v) is 4.93. The van der Waals surface area contributed by atoms with Crippen molar-refractivity contribution in [3.8, 4) is 5.75 Å². The molecule has 72 valence electrons. The van der Waals surface area contributed by atoms with Gasteiger partial charge in [0.05, 0.1) is 13.2 Å². The van der Waals surface area contributed by atoms with Gasteiger partial charge in [-0.05, 0) is 30.7 Å². The smallest absolute Gasteiger partial charge is 0.122 e. The molecule has 0 saturated heterocycles. The van der Waals surface area contributed by atoms with Gasteiger partial charge < -0.3 is 9.84 Å². The minimum atomic E-state index is -0.344. The van der Waals surface area contributed by atoms with Gasteiger partial charge in [-0.3, -0.25) is 0 Å². The van der Waals surface area contributed by atoms with Crippen molar-refractivity contribution in [2.45, 2.75) is 19.4 Å². The van der Waals surface area contributed by atoms with Crippen LogP contribution in [0.1, 0.15) is 12.5 Å². The van der Waals surface area contributed by atoms with Crippen LogP contribution in [-0.4, -0.2) is 18.3 Å². The van der Waals surface area contributed by atoms with E-state index in [1.807, 2.05) is 18.2 Å². The Morgan fingerprint density at radius 1 is 1.54 bits per heavy atom. The lowest BCUT2D eigenvalue weighted by Gasteiger charge is -2.10. The van der Waals surface area contributed by atoms with E-state index in [-0.39, 0.29) is 6.10 Å². The lowest BCUT2D eigenvalue weighted by atomic mass is 10.1. The van der Waals surface area contributed by atoms with Crippen LogP contribution in [0.2, 0.25) is 0 Å². The van der Waals surface area contributed by atoms with E-state index >= 15 is 0 Å². The van der Waals surface area contributed by atoms with Gasteiger partial charge in [-0.25, -0.2) is 0 Å². The van der Waals surface area contributed by atoms with Crippen LogP contribution < -0.4 is 4.74 Å². The summed E-state index contributed by atoms with van der Waals surface area (Å²) in [7, 11) is 1.63. The Morgan fingerprint density at radius 3 is 2.77 bits per heavy atom. The van der Waals surface area contributed by atoms with E-state index in [2.05, 4.69) is 15.9 Å². The predicted octanol–water partition coefficient (Wildman–Crippen LogP) is 2.38. The highest BCUT2D eigenvalue weighted by Gasteiger charge is 2.06. The van der Waals surface area contributed by atoms with Gasteiger partial charge in [0.25, 0.3) is 0 Å². The maximum Gasteiger partial charge on any atom is 0.122 e. The van der Waals surface area contributed by atoms with Crippen molar-refractivity contribution in [2.75, 3.05) is 7.11 Å². The standard InChI is InChI=1S/C10H13BrO2/c1-7(12)5-8-6-9(11)3-4-10(8)13-2/h3-4,6-7,12H,5H2,1-2H3/t7-/m0/s1. The van der Waals surface area contributed by atoms with E-state index in [0.717, 1.165) is 15.8 Å². The van der Waals surface area contributed by atoms with E-state index in [4.69, 9.17) is 4.74 Å². The normalized spacial score (nSPS) is 12.6. The number of rotatable bonds is 3. The molecule has 0 amide bonds. The molecule has 0 radical (unpaired) electrons. The summed E-state index contributed by atoms with van der Waals surface area (Å²) in [6.45, 7) is 1.76. The van der Waals surface area contributed by atoms with Crippen molar-refractivity contribution in [2.24, 2.45) is 0 Å². The van der Waals surface area contributed by atoms with Crippen molar-refractivity contribution >= 4 is 15.9 Å². The second kappa shape index (κ2) is 4.63. The van der Waals surface area contributed by atoms with Crippen LogP contribution in [0.15, 0.2) is 22.7 Å². The second-order valence-electron chi connectivity index (χ2n) is 3.01. The molecule has 0 spiro atoms. The van der Waals surface area contributed by atoms with Gasteiger partial charge in [0.2, 0.25) is 0 Å². The molecule has 2 nitrogen and oxygen atoms in total. The molecule has 0 heterocycles. The Bertz CT molecular complexity index is 284. The molecule has 1 rings (SSSR count). The lowest BCUT2D eigenvalue weighted by Crippen LogP contribution is -2.05. The van der Waals surface area contributed by atoms with Crippen LogP contribution in [0.4, 0.5) is 0 Å². The molecule has 1 aromatic carbocycles. The number of hydrogen-bond donors (Lipinski definition) is 1. The number of aliphatic hydroxyl groups is 1. The third-order valence-electron chi connectivity index (χ3n) is 1.76. The van der Waals surface area contributed by atoms with Crippen molar-refractivity contribution in [1.29, 1.82) is 0 Å². The molecule has 3 heteroatoms. The number of ether oxygens (including phenoxy) is 1. The van der Waals surface area contributed by atoms with Crippen molar-refractivity contribution < 1.29 is 9.84 Å². The lowest BCUT2D eigenvalue weighted by molar-refractivity contribution is 0.194. The van der Waals surface area contributed by atoms with E-state index in [9.17, 15) is 5.11 Å². The van der Waals surface area contributed by atoms with E-state index < -0.39 is 0 Å². The quantitative estimate of drug-likeness (QED) is 0.885. The molecule has 13 heavy (non-hydrogen) atoms. The molecule has 0 unspecified atom stereocenters. The number of hydrogen-bond acceptors (Lipinski definition) is 2.